The Morgan fingerprint density at radius 3 is 2.73 bits per heavy atom. The van der Waals surface area contributed by atoms with Crippen molar-refractivity contribution in [2.24, 2.45) is 5.92 Å². The molecule has 1 aliphatic heterocycles. The standard InChI is InChI=1S/C7H11NO3/c1-3-4-5(7(10)11-2)8-6(4)9/h4-5H,3H2,1-2H3,(H,8,9)/t4-,5+/m1/s1. The fourth-order valence-electron chi connectivity index (χ4n) is 1.19. The van der Waals surface area contributed by atoms with Crippen molar-refractivity contribution in [1.29, 1.82) is 0 Å². The van der Waals surface area contributed by atoms with Crippen molar-refractivity contribution >= 4 is 11.9 Å². The van der Waals surface area contributed by atoms with Crippen LogP contribution in [0, 0.1) is 5.92 Å². The number of carbonyl (C=O) groups is 2. The Kier molecular flexibility index (Phi) is 2.12. The van der Waals surface area contributed by atoms with Gasteiger partial charge in [-0.2, -0.15) is 0 Å². The van der Waals surface area contributed by atoms with Gasteiger partial charge in [-0.3, -0.25) is 4.79 Å². The predicted octanol–water partition coefficient (Wildman–Crippen LogP) is -0.316. The second-order valence-electron chi connectivity index (χ2n) is 2.52. The van der Waals surface area contributed by atoms with Gasteiger partial charge < -0.3 is 10.1 Å². The van der Waals surface area contributed by atoms with Crippen molar-refractivity contribution in [3.63, 3.8) is 0 Å². The lowest BCUT2D eigenvalue weighted by Crippen LogP contribution is -2.61. The fraction of sp³-hybridized carbons (Fsp3) is 0.714. The van der Waals surface area contributed by atoms with Gasteiger partial charge in [0.1, 0.15) is 6.04 Å². The number of nitrogens with one attached hydrogen (secondary N) is 1. The number of β-lactam (4-membered cyclic amide) rings is 1. The highest BCUT2D eigenvalue weighted by Crippen LogP contribution is 2.19. The number of rotatable bonds is 2. The first-order chi connectivity index (χ1) is 5.20. The molecule has 0 saturated carbocycles. The quantitative estimate of drug-likeness (QED) is 0.441. The molecule has 2 atom stereocenters. The van der Waals surface area contributed by atoms with Crippen molar-refractivity contribution in [1.82, 2.24) is 5.32 Å². The summed E-state index contributed by atoms with van der Waals surface area (Å²) < 4.78 is 4.48. The van der Waals surface area contributed by atoms with Gasteiger partial charge in [0, 0.05) is 0 Å². The topological polar surface area (TPSA) is 55.4 Å². The fourth-order valence-corrected chi connectivity index (χ4v) is 1.19. The third kappa shape index (κ3) is 1.20. The van der Waals surface area contributed by atoms with Gasteiger partial charge >= 0.3 is 5.97 Å². The smallest absolute Gasteiger partial charge is 0.329 e. The van der Waals surface area contributed by atoms with Crippen molar-refractivity contribution in [3.8, 4) is 0 Å². The van der Waals surface area contributed by atoms with Crippen LogP contribution >= 0.6 is 0 Å². The molecule has 4 nitrogen and oxygen atoms in total. The lowest BCUT2D eigenvalue weighted by atomic mass is 9.88. The minimum Gasteiger partial charge on any atom is -0.467 e. The maximum Gasteiger partial charge on any atom is 0.329 e. The molecular formula is C7H11NO3. The van der Waals surface area contributed by atoms with E-state index in [0.29, 0.717) is 6.42 Å². The van der Waals surface area contributed by atoms with Crippen LogP contribution < -0.4 is 5.32 Å². The van der Waals surface area contributed by atoms with Crippen LogP contribution in [0.3, 0.4) is 0 Å². The van der Waals surface area contributed by atoms with Crippen molar-refractivity contribution in [2.45, 2.75) is 19.4 Å². The molecule has 11 heavy (non-hydrogen) atoms. The molecule has 0 aromatic heterocycles. The van der Waals surface area contributed by atoms with Crippen molar-refractivity contribution in [2.75, 3.05) is 7.11 Å². The summed E-state index contributed by atoms with van der Waals surface area (Å²) in [6.07, 6.45) is 0.686. The summed E-state index contributed by atoms with van der Waals surface area (Å²) >= 11 is 0. The molecular weight excluding hydrogens is 146 g/mol. The first-order valence-corrected chi connectivity index (χ1v) is 3.59. The van der Waals surface area contributed by atoms with Crippen molar-refractivity contribution < 1.29 is 14.3 Å². The Balaban J connectivity index is 2.51. The van der Waals surface area contributed by atoms with E-state index in [4.69, 9.17) is 0 Å². The van der Waals surface area contributed by atoms with Crippen LogP contribution in [-0.2, 0) is 14.3 Å². The number of hydrogen-bond donors (Lipinski definition) is 1. The van der Waals surface area contributed by atoms with E-state index in [-0.39, 0.29) is 17.8 Å². The van der Waals surface area contributed by atoms with E-state index >= 15 is 0 Å². The number of carbonyl (C=O) groups excluding carboxylic acids is 2. The Morgan fingerprint density at radius 1 is 1.73 bits per heavy atom. The molecule has 0 spiro atoms. The zero-order chi connectivity index (χ0) is 8.43. The molecule has 0 unspecified atom stereocenters. The van der Waals surface area contributed by atoms with E-state index in [2.05, 4.69) is 10.1 Å². The van der Waals surface area contributed by atoms with E-state index in [1.165, 1.54) is 7.11 Å². The highest BCUT2D eigenvalue weighted by molar-refractivity contribution is 5.96. The van der Waals surface area contributed by atoms with Crippen LogP contribution in [0.15, 0.2) is 0 Å². The molecule has 4 heteroatoms. The Hall–Kier alpha value is -1.06. The SMILES string of the molecule is CC[C@H]1C(=O)N[C@@H]1C(=O)OC. The number of hydrogen-bond acceptors (Lipinski definition) is 3. The first-order valence-electron chi connectivity index (χ1n) is 3.59. The normalized spacial score (nSPS) is 28.7. The second-order valence-corrected chi connectivity index (χ2v) is 2.52. The molecule has 62 valence electrons. The average molecular weight is 157 g/mol. The Bertz CT molecular complexity index is 190. The molecule has 0 aromatic rings. The highest BCUT2D eigenvalue weighted by Gasteiger charge is 2.43. The summed E-state index contributed by atoms with van der Waals surface area (Å²) in [6.45, 7) is 1.87. The van der Waals surface area contributed by atoms with Gasteiger partial charge in [-0.25, -0.2) is 4.79 Å². The predicted molar refractivity (Wildman–Crippen MR) is 37.7 cm³/mol. The Morgan fingerprint density at radius 2 is 2.36 bits per heavy atom. The molecule has 1 heterocycles. The average Bonchev–Trinajstić information content (AvgIpc) is 1.99. The van der Waals surface area contributed by atoms with Crippen LogP contribution in [-0.4, -0.2) is 25.0 Å². The summed E-state index contributed by atoms with van der Waals surface area (Å²) in [4.78, 5) is 21.6. The molecule has 0 aromatic carbocycles. The lowest BCUT2D eigenvalue weighted by molar-refractivity contribution is -0.155. The van der Waals surface area contributed by atoms with Crippen LogP contribution in [0.5, 0.6) is 0 Å². The van der Waals surface area contributed by atoms with Crippen LogP contribution in [0.1, 0.15) is 13.3 Å². The van der Waals surface area contributed by atoms with Crippen LogP contribution in [0.4, 0.5) is 0 Å². The molecule has 1 aliphatic rings. The summed E-state index contributed by atoms with van der Waals surface area (Å²) in [6, 6.07) is -0.405. The minimum absolute atomic E-state index is 0.0529. The number of methoxy groups -OCH3 is 1. The third-order valence-corrected chi connectivity index (χ3v) is 1.93. The third-order valence-electron chi connectivity index (χ3n) is 1.93. The zero-order valence-corrected chi connectivity index (χ0v) is 6.59. The van der Waals surface area contributed by atoms with Gasteiger partial charge in [0.05, 0.1) is 13.0 Å². The van der Waals surface area contributed by atoms with Crippen LogP contribution in [0.2, 0.25) is 0 Å². The minimum atomic E-state index is -0.405. The first kappa shape index (κ1) is 8.04. The van der Waals surface area contributed by atoms with Gasteiger partial charge in [0.25, 0.3) is 0 Å². The monoisotopic (exact) mass is 157 g/mol. The highest BCUT2D eigenvalue weighted by atomic mass is 16.5. The molecule has 1 amide bonds. The largest absolute Gasteiger partial charge is 0.467 e. The molecule has 1 saturated heterocycles. The molecule has 0 radical (unpaired) electrons. The second kappa shape index (κ2) is 2.90. The van der Waals surface area contributed by atoms with E-state index in [0.717, 1.165) is 0 Å². The summed E-state index contributed by atoms with van der Waals surface area (Å²) in [5, 5.41) is 2.48. The van der Waals surface area contributed by atoms with Crippen LogP contribution in [0.25, 0.3) is 0 Å². The molecule has 0 aliphatic carbocycles. The summed E-state index contributed by atoms with van der Waals surface area (Å²) in [5.74, 6) is -0.582. The van der Waals surface area contributed by atoms with Gasteiger partial charge in [0.15, 0.2) is 0 Å². The van der Waals surface area contributed by atoms with Gasteiger partial charge in [-0.1, -0.05) is 6.92 Å². The molecule has 1 N–H and O–H groups in total. The molecule has 1 fully saturated rings. The summed E-state index contributed by atoms with van der Waals surface area (Å²) in [5.41, 5.74) is 0. The summed E-state index contributed by atoms with van der Waals surface area (Å²) in [7, 11) is 1.32. The maximum absolute atomic E-state index is 10.9. The number of amides is 1. The van der Waals surface area contributed by atoms with Gasteiger partial charge in [0.2, 0.25) is 5.91 Å². The number of ether oxygens (including phenoxy) is 1. The lowest BCUT2D eigenvalue weighted by Gasteiger charge is -2.33. The van der Waals surface area contributed by atoms with Gasteiger partial charge in [-0.15, -0.1) is 0 Å². The molecule has 1 rings (SSSR count). The number of esters is 1. The molecule has 0 bridgehead atoms. The van der Waals surface area contributed by atoms with E-state index < -0.39 is 6.04 Å². The zero-order valence-electron chi connectivity index (χ0n) is 6.59. The van der Waals surface area contributed by atoms with E-state index in [9.17, 15) is 9.59 Å². The van der Waals surface area contributed by atoms with Gasteiger partial charge in [-0.05, 0) is 6.42 Å². The Labute approximate surface area is 64.9 Å². The maximum atomic E-state index is 10.9. The van der Waals surface area contributed by atoms with Crippen molar-refractivity contribution in [3.05, 3.63) is 0 Å². The van der Waals surface area contributed by atoms with E-state index in [1.54, 1.807) is 0 Å². The van der Waals surface area contributed by atoms with E-state index in [1.807, 2.05) is 6.92 Å².